The summed E-state index contributed by atoms with van der Waals surface area (Å²) >= 11 is 0. The molecule has 1 saturated heterocycles. The summed E-state index contributed by atoms with van der Waals surface area (Å²) in [5, 5.41) is 7.11. The maximum atomic E-state index is 5.38. The van der Waals surface area contributed by atoms with Crippen LogP contribution < -0.4 is 5.32 Å². The summed E-state index contributed by atoms with van der Waals surface area (Å²) in [6.45, 7) is 3.31. The molecule has 1 N–H and O–H groups in total. The van der Waals surface area contributed by atoms with Gasteiger partial charge in [-0.2, -0.15) is 0 Å². The fourth-order valence-electron chi connectivity index (χ4n) is 2.08. The first-order valence-corrected chi connectivity index (χ1v) is 6.18. The van der Waals surface area contributed by atoms with Crippen molar-refractivity contribution < 1.29 is 9.26 Å². The van der Waals surface area contributed by atoms with Crippen molar-refractivity contribution in [2.75, 3.05) is 33.9 Å². The van der Waals surface area contributed by atoms with Gasteiger partial charge in [0.25, 0.3) is 0 Å². The minimum Gasteiger partial charge on any atom is -0.381 e. The third-order valence-electron chi connectivity index (χ3n) is 3.05. The Hall–Kier alpha value is -1.56. The van der Waals surface area contributed by atoms with Crippen molar-refractivity contribution in [1.29, 1.82) is 0 Å². The number of hydrogen-bond donors (Lipinski definition) is 1. The number of nitrogens with zero attached hydrogens (tertiary/aromatic N) is 3. The molecular formula is C12H20N4O2. The highest BCUT2D eigenvalue weighted by Gasteiger charge is 2.19. The highest BCUT2D eigenvalue weighted by Crippen LogP contribution is 2.13. The predicted octanol–water partition coefficient (Wildman–Crippen LogP) is 0.718. The number of guanidine groups is 1. The summed E-state index contributed by atoms with van der Waals surface area (Å²) in [7, 11) is 3.82. The molecule has 1 unspecified atom stereocenters. The molecule has 6 heteroatoms. The van der Waals surface area contributed by atoms with E-state index in [-0.39, 0.29) is 0 Å². The van der Waals surface area contributed by atoms with Gasteiger partial charge in [0.05, 0.1) is 13.2 Å². The molecule has 1 aromatic rings. The summed E-state index contributed by atoms with van der Waals surface area (Å²) < 4.78 is 10.2. The summed E-state index contributed by atoms with van der Waals surface area (Å²) in [6.07, 6.45) is 2.70. The first-order chi connectivity index (χ1) is 8.79. The lowest BCUT2D eigenvalue weighted by atomic mass is 10.1. The highest BCUT2D eigenvalue weighted by atomic mass is 16.5. The topological polar surface area (TPSA) is 62.9 Å². The zero-order valence-corrected chi connectivity index (χ0v) is 10.9. The largest absolute Gasteiger partial charge is 0.381 e. The summed E-state index contributed by atoms with van der Waals surface area (Å²) in [6, 6.07) is 1.84. The maximum Gasteiger partial charge on any atom is 0.193 e. The fourth-order valence-corrected chi connectivity index (χ4v) is 2.08. The molecule has 1 aliphatic rings. The van der Waals surface area contributed by atoms with E-state index in [1.807, 2.05) is 13.1 Å². The molecule has 0 radical (unpaired) electrons. The second-order valence-electron chi connectivity index (χ2n) is 4.50. The van der Waals surface area contributed by atoms with Gasteiger partial charge in [0.15, 0.2) is 5.96 Å². The van der Waals surface area contributed by atoms with E-state index in [2.05, 4.69) is 20.4 Å². The lowest BCUT2D eigenvalue weighted by Gasteiger charge is -2.24. The Bertz CT molecular complexity index is 371. The number of hydrogen-bond acceptors (Lipinski definition) is 4. The highest BCUT2D eigenvalue weighted by molar-refractivity contribution is 5.79. The Kier molecular flexibility index (Phi) is 4.58. The van der Waals surface area contributed by atoms with Crippen LogP contribution in [0.2, 0.25) is 0 Å². The lowest BCUT2D eigenvalue weighted by Crippen LogP contribution is -2.41. The molecule has 100 valence electrons. The van der Waals surface area contributed by atoms with Crippen molar-refractivity contribution >= 4 is 5.96 Å². The third kappa shape index (κ3) is 3.46. The average molecular weight is 252 g/mol. The Morgan fingerprint density at radius 2 is 2.56 bits per heavy atom. The number of rotatable bonds is 4. The number of aromatic nitrogens is 1. The Labute approximate surface area is 107 Å². The Morgan fingerprint density at radius 1 is 1.67 bits per heavy atom. The van der Waals surface area contributed by atoms with Crippen LogP contribution in [0.4, 0.5) is 0 Å². The van der Waals surface area contributed by atoms with E-state index in [4.69, 9.17) is 9.26 Å². The van der Waals surface area contributed by atoms with Gasteiger partial charge in [-0.3, -0.25) is 4.99 Å². The monoisotopic (exact) mass is 252 g/mol. The van der Waals surface area contributed by atoms with E-state index in [1.54, 1.807) is 13.3 Å². The molecule has 2 rings (SSSR count). The third-order valence-corrected chi connectivity index (χ3v) is 3.05. The normalized spacial score (nSPS) is 20.1. The molecule has 0 aromatic carbocycles. The molecule has 0 saturated carbocycles. The molecule has 0 amide bonds. The van der Waals surface area contributed by atoms with Gasteiger partial charge < -0.3 is 19.5 Å². The van der Waals surface area contributed by atoms with E-state index < -0.39 is 0 Å². The molecule has 1 atom stereocenters. The van der Waals surface area contributed by atoms with Gasteiger partial charge in [-0.25, -0.2) is 0 Å². The zero-order valence-electron chi connectivity index (χ0n) is 10.9. The minimum absolute atomic E-state index is 0.598. The van der Waals surface area contributed by atoms with Crippen molar-refractivity contribution in [2.45, 2.75) is 13.0 Å². The van der Waals surface area contributed by atoms with Gasteiger partial charge in [0.2, 0.25) is 0 Å². The van der Waals surface area contributed by atoms with Gasteiger partial charge in [0.1, 0.15) is 12.0 Å². The zero-order chi connectivity index (χ0) is 12.8. The average Bonchev–Trinajstić information content (AvgIpc) is 3.02. The molecule has 0 spiro atoms. The van der Waals surface area contributed by atoms with Crippen LogP contribution in [0.1, 0.15) is 12.1 Å². The van der Waals surface area contributed by atoms with Crippen LogP contribution in [-0.2, 0) is 11.3 Å². The molecule has 2 heterocycles. The van der Waals surface area contributed by atoms with Crippen LogP contribution in [0.5, 0.6) is 0 Å². The molecular weight excluding hydrogens is 232 g/mol. The van der Waals surface area contributed by atoms with Crippen LogP contribution in [0.15, 0.2) is 21.8 Å². The predicted molar refractivity (Wildman–Crippen MR) is 68.3 cm³/mol. The Balaban J connectivity index is 1.80. The SMILES string of the molecule is CN=C(NCc1ccon1)N(C)CC1CCOC1. The first-order valence-electron chi connectivity index (χ1n) is 6.18. The van der Waals surface area contributed by atoms with Gasteiger partial charge in [-0.1, -0.05) is 5.16 Å². The molecule has 0 bridgehead atoms. The second kappa shape index (κ2) is 6.39. The van der Waals surface area contributed by atoms with Crippen molar-refractivity contribution in [3.8, 4) is 0 Å². The van der Waals surface area contributed by atoms with Gasteiger partial charge in [-0.05, 0) is 6.42 Å². The van der Waals surface area contributed by atoms with E-state index in [9.17, 15) is 0 Å². The molecule has 0 aliphatic carbocycles. The van der Waals surface area contributed by atoms with Crippen LogP contribution in [0.25, 0.3) is 0 Å². The Morgan fingerprint density at radius 3 is 3.17 bits per heavy atom. The lowest BCUT2D eigenvalue weighted by molar-refractivity contribution is 0.181. The number of nitrogens with one attached hydrogen (secondary N) is 1. The summed E-state index contributed by atoms with van der Waals surface area (Å²) in [4.78, 5) is 6.39. The van der Waals surface area contributed by atoms with Crippen molar-refractivity contribution in [1.82, 2.24) is 15.4 Å². The minimum atomic E-state index is 0.598. The van der Waals surface area contributed by atoms with Gasteiger partial charge in [0, 0.05) is 39.2 Å². The molecule has 1 aromatic heterocycles. The molecule has 18 heavy (non-hydrogen) atoms. The fraction of sp³-hybridized carbons (Fsp3) is 0.667. The van der Waals surface area contributed by atoms with Crippen molar-refractivity contribution in [2.24, 2.45) is 10.9 Å². The van der Waals surface area contributed by atoms with E-state index in [1.165, 1.54) is 0 Å². The van der Waals surface area contributed by atoms with Crippen LogP contribution >= 0.6 is 0 Å². The molecule has 1 fully saturated rings. The summed E-state index contributed by atoms with van der Waals surface area (Å²) in [5.41, 5.74) is 0.869. The van der Waals surface area contributed by atoms with Crippen LogP contribution in [-0.4, -0.2) is 49.9 Å². The standard InChI is InChI=1S/C12H20N4O2/c1-13-12(14-7-11-4-6-18-15-11)16(2)8-10-3-5-17-9-10/h4,6,10H,3,5,7-9H2,1-2H3,(H,13,14). The maximum absolute atomic E-state index is 5.38. The van der Waals surface area contributed by atoms with E-state index >= 15 is 0 Å². The van der Waals surface area contributed by atoms with E-state index in [0.29, 0.717) is 12.5 Å². The molecule has 1 aliphatic heterocycles. The van der Waals surface area contributed by atoms with E-state index in [0.717, 1.165) is 37.8 Å². The quantitative estimate of drug-likeness (QED) is 0.632. The first kappa shape index (κ1) is 12.9. The summed E-state index contributed by atoms with van der Waals surface area (Å²) in [5.74, 6) is 1.46. The smallest absolute Gasteiger partial charge is 0.193 e. The van der Waals surface area contributed by atoms with Crippen LogP contribution in [0, 0.1) is 5.92 Å². The number of ether oxygens (including phenoxy) is 1. The van der Waals surface area contributed by atoms with Crippen molar-refractivity contribution in [3.63, 3.8) is 0 Å². The van der Waals surface area contributed by atoms with Crippen molar-refractivity contribution in [3.05, 3.63) is 18.0 Å². The second-order valence-corrected chi connectivity index (χ2v) is 4.50. The van der Waals surface area contributed by atoms with Gasteiger partial charge in [-0.15, -0.1) is 0 Å². The molecule has 6 nitrogen and oxygen atoms in total. The van der Waals surface area contributed by atoms with Crippen LogP contribution in [0.3, 0.4) is 0 Å². The number of aliphatic imine (C=N–C) groups is 1. The van der Waals surface area contributed by atoms with Gasteiger partial charge >= 0.3 is 0 Å².